The van der Waals surface area contributed by atoms with Gasteiger partial charge in [-0.15, -0.1) is 0 Å². The molecule has 0 heterocycles. The second kappa shape index (κ2) is 8.80. The van der Waals surface area contributed by atoms with E-state index in [0.717, 1.165) is 24.8 Å². The van der Waals surface area contributed by atoms with Crippen molar-refractivity contribution in [2.45, 2.75) is 112 Å². The summed E-state index contributed by atoms with van der Waals surface area (Å²) in [6, 6.07) is 2.12. The number of fused-ring (bicyclic) bond motifs is 7. The molecule has 0 aliphatic heterocycles. The SMILES string of the molecule is CC1(C)CC[C@]2(NC(=O)CC(F)(F)F)CC[C@]3(C)C(C(=O)C=C4[C@@]5(C)C=C(C#N)C(=O)C(C)(C)[C@@H]5CC[C@]43C)C2C1. The smallest absolute Gasteiger partial charge is 0.350 e. The van der Waals surface area contributed by atoms with Crippen molar-refractivity contribution in [2.75, 3.05) is 0 Å². The third kappa shape index (κ3) is 4.19. The number of hydrogen-bond donors (Lipinski definition) is 1. The van der Waals surface area contributed by atoms with Crippen molar-refractivity contribution < 1.29 is 27.6 Å². The molecular formula is C33H43F3N2O3. The van der Waals surface area contributed by atoms with Gasteiger partial charge < -0.3 is 5.32 Å². The van der Waals surface area contributed by atoms with Gasteiger partial charge in [-0.1, -0.05) is 60.1 Å². The average Bonchev–Trinajstić information content (AvgIpc) is 2.82. The van der Waals surface area contributed by atoms with E-state index in [1.54, 1.807) is 12.2 Å². The zero-order valence-corrected chi connectivity index (χ0v) is 25.3. The Kier molecular flexibility index (Phi) is 6.45. The lowest BCUT2D eigenvalue weighted by Gasteiger charge is -2.69. The van der Waals surface area contributed by atoms with Crippen LogP contribution in [-0.2, 0) is 14.4 Å². The first-order chi connectivity index (χ1) is 18.7. The molecule has 41 heavy (non-hydrogen) atoms. The minimum Gasteiger partial charge on any atom is -0.350 e. The molecule has 0 aromatic carbocycles. The van der Waals surface area contributed by atoms with Gasteiger partial charge in [-0.2, -0.15) is 18.4 Å². The van der Waals surface area contributed by atoms with Gasteiger partial charge in [-0.3, -0.25) is 14.4 Å². The molecule has 0 saturated heterocycles. The summed E-state index contributed by atoms with van der Waals surface area (Å²) in [7, 11) is 0. The van der Waals surface area contributed by atoms with Crippen LogP contribution in [0.5, 0.6) is 0 Å². The van der Waals surface area contributed by atoms with Crippen molar-refractivity contribution in [2.24, 2.45) is 44.8 Å². The summed E-state index contributed by atoms with van der Waals surface area (Å²) in [4.78, 5) is 40.4. The number of nitrogens with one attached hydrogen (secondary N) is 1. The Labute approximate surface area is 241 Å². The number of amides is 1. The van der Waals surface area contributed by atoms with Crippen LogP contribution in [0.1, 0.15) is 99.8 Å². The largest absolute Gasteiger partial charge is 0.397 e. The molecule has 0 aromatic rings. The van der Waals surface area contributed by atoms with Crippen LogP contribution in [0.4, 0.5) is 13.2 Å². The normalized spacial score (nSPS) is 42.8. The van der Waals surface area contributed by atoms with Crippen LogP contribution >= 0.6 is 0 Å². The first-order valence-corrected chi connectivity index (χ1v) is 15.0. The number of nitrogens with zero attached hydrogens (tertiary/aromatic N) is 1. The van der Waals surface area contributed by atoms with E-state index < -0.39 is 51.6 Å². The number of nitriles is 1. The molecule has 8 heteroatoms. The average molecular weight is 573 g/mol. The van der Waals surface area contributed by atoms with E-state index in [4.69, 9.17) is 0 Å². The van der Waals surface area contributed by atoms with Gasteiger partial charge in [0.25, 0.3) is 0 Å². The number of ketones is 2. The molecule has 0 radical (unpaired) electrons. The topological polar surface area (TPSA) is 87.0 Å². The Hall–Kier alpha value is -2.43. The highest BCUT2D eigenvalue weighted by Crippen LogP contribution is 2.73. The summed E-state index contributed by atoms with van der Waals surface area (Å²) in [6.07, 6.45) is 2.05. The Morgan fingerprint density at radius 3 is 2.27 bits per heavy atom. The van der Waals surface area contributed by atoms with Crippen molar-refractivity contribution in [3.8, 4) is 6.07 Å². The van der Waals surface area contributed by atoms with E-state index in [9.17, 15) is 32.8 Å². The van der Waals surface area contributed by atoms with Crippen LogP contribution in [0.25, 0.3) is 0 Å². The standard InChI is InChI=1S/C33H43F3N2O3/c1-27(2)10-12-32(38-24(40)17-33(34,35)36)13-11-31(7)25(20(32)16-27)21(39)14-23-29(5)15-19(18-37)26(41)28(3,4)22(29)8-9-30(23,31)6/h14-15,20,22,25H,8-13,16-17H2,1-7H3,(H,38,40)/t20?,22-,25?,29-,30+,31+,32-/m0/s1. The van der Waals surface area contributed by atoms with Crippen molar-refractivity contribution in [1.82, 2.24) is 5.32 Å². The summed E-state index contributed by atoms with van der Waals surface area (Å²) in [5, 5.41) is 12.7. The summed E-state index contributed by atoms with van der Waals surface area (Å²) in [6.45, 7) is 14.5. The second-order valence-electron chi connectivity index (χ2n) is 15.8. The maximum absolute atomic E-state index is 14.4. The van der Waals surface area contributed by atoms with Crippen LogP contribution < -0.4 is 5.32 Å². The molecule has 7 atom stereocenters. The van der Waals surface area contributed by atoms with Crippen LogP contribution in [0.2, 0.25) is 0 Å². The predicted octanol–water partition coefficient (Wildman–Crippen LogP) is 7.03. The van der Waals surface area contributed by atoms with Gasteiger partial charge in [0.15, 0.2) is 11.6 Å². The quantitative estimate of drug-likeness (QED) is 0.385. The molecule has 0 bridgehead atoms. The van der Waals surface area contributed by atoms with E-state index in [1.165, 1.54) is 0 Å². The molecule has 2 unspecified atom stereocenters. The fraction of sp³-hybridized carbons (Fsp3) is 0.758. The number of Topliss-reactive ketones (excluding diaryl/α,β-unsaturated/α-hetero) is 1. The van der Waals surface area contributed by atoms with E-state index >= 15 is 0 Å². The third-order valence-corrected chi connectivity index (χ3v) is 12.6. The molecule has 5 nitrogen and oxygen atoms in total. The summed E-state index contributed by atoms with van der Waals surface area (Å²) < 4.78 is 39.5. The molecular weight excluding hydrogens is 529 g/mol. The third-order valence-electron chi connectivity index (χ3n) is 12.6. The van der Waals surface area contributed by atoms with E-state index in [-0.39, 0.29) is 34.4 Å². The number of carbonyl (C=O) groups is 3. The van der Waals surface area contributed by atoms with Crippen LogP contribution in [0.15, 0.2) is 23.3 Å². The van der Waals surface area contributed by atoms with Crippen molar-refractivity contribution in [1.29, 1.82) is 5.26 Å². The molecule has 3 fully saturated rings. The molecule has 5 rings (SSSR count). The Balaban J connectivity index is 1.63. The number of allylic oxidation sites excluding steroid dienone is 4. The fourth-order valence-electron chi connectivity index (χ4n) is 10.4. The molecule has 5 aliphatic carbocycles. The summed E-state index contributed by atoms with van der Waals surface area (Å²) in [5.74, 6) is -2.02. The number of carbonyl (C=O) groups excluding carboxylic acids is 3. The molecule has 1 N–H and O–H groups in total. The lowest BCUT2D eigenvalue weighted by molar-refractivity contribution is -0.170. The highest BCUT2D eigenvalue weighted by molar-refractivity contribution is 6.04. The van der Waals surface area contributed by atoms with Crippen LogP contribution in [0.3, 0.4) is 0 Å². The Morgan fingerprint density at radius 2 is 1.66 bits per heavy atom. The van der Waals surface area contributed by atoms with Gasteiger partial charge in [0, 0.05) is 22.3 Å². The minimum absolute atomic E-state index is 0.0414. The number of rotatable bonds is 2. The maximum atomic E-state index is 14.4. The van der Waals surface area contributed by atoms with Crippen LogP contribution in [-0.4, -0.2) is 29.2 Å². The molecule has 0 aromatic heterocycles. The maximum Gasteiger partial charge on any atom is 0.397 e. The minimum atomic E-state index is -4.60. The van der Waals surface area contributed by atoms with Crippen molar-refractivity contribution in [3.05, 3.63) is 23.3 Å². The number of halogens is 3. The first kappa shape index (κ1) is 30.0. The Bertz CT molecular complexity index is 1320. The Morgan fingerprint density at radius 1 is 1.02 bits per heavy atom. The van der Waals surface area contributed by atoms with Crippen molar-refractivity contribution in [3.63, 3.8) is 0 Å². The van der Waals surface area contributed by atoms with Gasteiger partial charge >= 0.3 is 6.18 Å². The molecule has 5 aliphatic rings. The van der Waals surface area contributed by atoms with Gasteiger partial charge in [-0.05, 0) is 79.1 Å². The number of hydrogen-bond acceptors (Lipinski definition) is 4. The lowest BCUT2D eigenvalue weighted by atomic mass is 9.35. The molecule has 1 amide bonds. The first-order valence-electron chi connectivity index (χ1n) is 15.0. The monoisotopic (exact) mass is 572 g/mol. The fourth-order valence-corrected chi connectivity index (χ4v) is 10.4. The molecule has 224 valence electrons. The van der Waals surface area contributed by atoms with Gasteiger partial charge in [0.05, 0.1) is 5.57 Å². The van der Waals surface area contributed by atoms with E-state index in [0.29, 0.717) is 25.7 Å². The predicted molar refractivity (Wildman–Crippen MR) is 148 cm³/mol. The van der Waals surface area contributed by atoms with Crippen molar-refractivity contribution >= 4 is 17.5 Å². The van der Waals surface area contributed by atoms with E-state index in [1.807, 2.05) is 13.8 Å². The molecule has 3 saturated carbocycles. The highest BCUT2D eigenvalue weighted by Gasteiger charge is 2.70. The lowest BCUT2D eigenvalue weighted by Crippen LogP contribution is -2.69. The van der Waals surface area contributed by atoms with Gasteiger partial charge in [0.2, 0.25) is 5.91 Å². The second-order valence-corrected chi connectivity index (χ2v) is 15.8. The number of alkyl halides is 3. The van der Waals surface area contributed by atoms with Gasteiger partial charge in [-0.25, -0.2) is 0 Å². The van der Waals surface area contributed by atoms with E-state index in [2.05, 4.69) is 46.0 Å². The van der Waals surface area contributed by atoms with Gasteiger partial charge in [0.1, 0.15) is 12.5 Å². The zero-order chi connectivity index (χ0) is 30.6. The summed E-state index contributed by atoms with van der Waals surface area (Å²) >= 11 is 0. The molecule has 0 spiro atoms. The van der Waals surface area contributed by atoms with Crippen LogP contribution in [0, 0.1) is 56.2 Å². The highest BCUT2D eigenvalue weighted by atomic mass is 19.4. The summed E-state index contributed by atoms with van der Waals surface area (Å²) in [5.41, 5.74) is -2.18. The zero-order valence-electron chi connectivity index (χ0n) is 25.3.